The van der Waals surface area contributed by atoms with Crippen LogP contribution in [0.15, 0.2) is 65.1 Å². The van der Waals surface area contributed by atoms with Gasteiger partial charge < -0.3 is 18.9 Å². The molecule has 0 fully saturated rings. The van der Waals surface area contributed by atoms with Crippen LogP contribution in [0.5, 0.6) is 23.0 Å². The molecule has 0 aromatic heterocycles. The molecule has 3 rings (SSSR count). The Morgan fingerprint density at radius 3 is 1.93 bits per heavy atom. The lowest BCUT2D eigenvalue weighted by Gasteiger charge is -2.14. The van der Waals surface area contributed by atoms with Gasteiger partial charge in [0.2, 0.25) is 0 Å². The number of ether oxygens (including phenoxy) is 4. The Bertz CT molecular complexity index is 1020. The minimum atomic E-state index is -0.449. The molecule has 156 valence electrons. The molecule has 0 aliphatic heterocycles. The SMILES string of the molecule is COc1cc(Br)ccc1COc1ccc(COc2ccc([N+](=O)[O-])cc2)c(OC)c1. The number of nitro groups is 1. The van der Waals surface area contributed by atoms with Crippen molar-refractivity contribution in [3.8, 4) is 23.0 Å². The Hall–Kier alpha value is -3.26. The number of hydrogen-bond donors (Lipinski definition) is 0. The quantitative estimate of drug-likeness (QED) is 0.300. The van der Waals surface area contributed by atoms with E-state index >= 15 is 0 Å². The zero-order chi connectivity index (χ0) is 21.5. The molecule has 0 unspecified atom stereocenters. The highest BCUT2D eigenvalue weighted by Crippen LogP contribution is 2.29. The number of benzene rings is 3. The molecule has 0 radical (unpaired) electrons. The Labute approximate surface area is 182 Å². The molecule has 0 saturated heterocycles. The minimum Gasteiger partial charge on any atom is -0.496 e. The molecule has 3 aromatic carbocycles. The second kappa shape index (κ2) is 9.98. The molecular formula is C22H20BrNO6. The van der Waals surface area contributed by atoms with Crippen LogP contribution in [-0.4, -0.2) is 19.1 Å². The van der Waals surface area contributed by atoms with Gasteiger partial charge in [-0.1, -0.05) is 22.0 Å². The fourth-order valence-corrected chi connectivity index (χ4v) is 3.10. The molecule has 7 nitrogen and oxygen atoms in total. The first-order valence-corrected chi connectivity index (χ1v) is 9.79. The number of methoxy groups -OCH3 is 2. The van der Waals surface area contributed by atoms with Gasteiger partial charge in [-0.25, -0.2) is 0 Å². The van der Waals surface area contributed by atoms with Gasteiger partial charge in [0.1, 0.15) is 36.2 Å². The molecule has 0 bridgehead atoms. The lowest BCUT2D eigenvalue weighted by Crippen LogP contribution is -2.01. The Balaban J connectivity index is 1.65. The summed E-state index contributed by atoms with van der Waals surface area (Å²) < 4.78 is 23.4. The van der Waals surface area contributed by atoms with Gasteiger partial charge in [0.15, 0.2) is 0 Å². The molecule has 0 N–H and O–H groups in total. The van der Waals surface area contributed by atoms with Crippen molar-refractivity contribution in [3.63, 3.8) is 0 Å². The van der Waals surface area contributed by atoms with E-state index in [9.17, 15) is 10.1 Å². The molecule has 8 heteroatoms. The lowest BCUT2D eigenvalue weighted by atomic mass is 10.2. The maximum Gasteiger partial charge on any atom is 0.269 e. The average molecular weight is 474 g/mol. The topological polar surface area (TPSA) is 80.1 Å². The summed E-state index contributed by atoms with van der Waals surface area (Å²) in [6.07, 6.45) is 0. The summed E-state index contributed by atoms with van der Waals surface area (Å²) in [4.78, 5) is 10.3. The third kappa shape index (κ3) is 5.42. The van der Waals surface area contributed by atoms with Crippen molar-refractivity contribution in [1.29, 1.82) is 0 Å². The molecule has 0 saturated carbocycles. The summed E-state index contributed by atoms with van der Waals surface area (Å²) in [6.45, 7) is 0.597. The van der Waals surface area contributed by atoms with Gasteiger partial charge in [-0.3, -0.25) is 10.1 Å². The van der Waals surface area contributed by atoms with Crippen LogP contribution in [0.1, 0.15) is 11.1 Å². The zero-order valence-electron chi connectivity index (χ0n) is 16.5. The van der Waals surface area contributed by atoms with Crippen LogP contribution in [0, 0.1) is 10.1 Å². The molecule has 3 aromatic rings. The second-order valence-corrected chi connectivity index (χ2v) is 7.17. The fourth-order valence-electron chi connectivity index (χ4n) is 2.76. The van der Waals surface area contributed by atoms with E-state index in [1.54, 1.807) is 32.4 Å². The number of non-ortho nitro benzene ring substituents is 1. The lowest BCUT2D eigenvalue weighted by molar-refractivity contribution is -0.384. The fraction of sp³-hybridized carbons (Fsp3) is 0.182. The van der Waals surface area contributed by atoms with E-state index in [1.807, 2.05) is 30.3 Å². The molecular weight excluding hydrogens is 454 g/mol. The number of rotatable bonds is 9. The van der Waals surface area contributed by atoms with Crippen LogP contribution in [0.4, 0.5) is 5.69 Å². The smallest absolute Gasteiger partial charge is 0.269 e. The molecule has 0 aliphatic rings. The predicted octanol–water partition coefficient (Wildman–Crippen LogP) is 5.53. The first-order valence-electron chi connectivity index (χ1n) is 8.99. The van der Waals surface area contributed by atoms with E-state index in [0.29, 0.717) is 23.9 Å². The van der Waals surface area contributed by atoms with E-state index in [-0.39, 0.29) is 12.3 Å². The van der Waals surface area contributed by atoms with Crippen molar-refractivity contribution in [3.05, 3.63) is 86.4 Å². The summed E-state index contributed by atoms with van der Waals surface area (Å²) in [6, 6.07) is 17.2. The number of nitro benzene ring substituents is 1. The van der Waals surface area contributed by atoms with E-state index in [4.69, 9.17) is 18.9 Å². The van der Waals surface area contributed by atoms with Crippen LogP contribution in [0.2, 0.25) is 0 Å². The molecule has 30 heavy (non-hydrogen) atoms. The van der Waals surface area contributed by atoms with Crippen molar-refractivity contribution in [2.45, 2.75) is 13.2 Å². The van der Waals surface area contributed by atoms with Crippen molar-refractivity contribution in [1.82, 2.24) is 0 Å². The second-order valence-electron chi connectivity index (χ2n) is 6.26. The summed E-state index contributed by atoms with van der Waals surface area (Å²) in [5.41, 5.74) is 1.76. The van der Waals surface area contributed by atoms with Crippen molar-refractivity contribution < 1.29 is 23.9 Å². The summed E-state index contributed by atoms with van der Waals surface area (Å²) in [7, 11) is 3.19. The first-order chi connectivity index (χ1) is 14.5. The monoisotopic (exact) mass is 473 g/mol. The maximum absolute atomic E-state index is 10.7. The van der Waals surface area contributed by atoms with Crippen LogP contribution in [0.25, 0.3) is 0 Å². The normalized spacial score (nSPS) is 10.4. The first kappa shape index (κ1) is 21.4. The Morgan fingerprint density at radius 2 is 1.33 bits per heavy atom. The van der Waals surface area contributed by atoms with Crippen molar-refractivity contribution in [2.75, 3.05) is 14.2 Å². The number of nitrogens with zero attached hydrogens (tertiary/aromatic N) is 1. The minimum absolute atomic E-state index is 0.0174. The highest BCUT2D eigenvalue weighted by molar-refractivity contribution is 9.10. The van der Waals surface area contributed by atoms with Crippen LogP contribution in [-0.2, 0) is 13.2 Å². The predicted molar refractivity (Wildman–Crippen MR) is 115 cm³/mol. The average Bonchev–Trinajstić information content (AvgIpc) is 2.77. The maximum atomic E-state index is 10.7. The number of hydrogen-bond acceptors (Lipinski definition) is 6. The van der Waals surface area contributed by atoms with E-state index in [0.717, 1.165) is 21.3 Å². The zero-order valence-corrected chi connectivity index (χ0v) is 18.0. The third-order valence-corrected chi connectivity index (χ3v) is 4.84. The molecule has 0 aliphatic carbocycles. The number of halogens is 1. The van der Waals surface area contributed by atoms with Gasteiger partial charge in [-0.05, 0) is 36.4 Å². The van der Waals surface area contributed by atoms with Crippen LogP contribution < -0.4 is 18.9 Å². The highest BCUT2D eigenvalue weighted by Gasteiger charge is 2.10. The molecule has 0 atom stereocenters. The highest BCUT2D eigenvalue weighted by atomic mass is 79.9. The molecule has 0 spiro atoms. The van der Waals surface area contributed by atoms with E-state index < -0.39 is 4.92 Å². The van der Waals surface area contributed by atoms with Gasteiger partial charge in [0.25, 0.3) is 5.69 Å². The summed E-state index contributed by atoms with van der Waals surface area (Å²) in [5, 5.41) is 10.7. The van der Waals surface area contributed by atoms with Gasteiger partial charge in [-0.15, -0.1) is 0 Å². The van der Waals surface area contributed by atoms with Crippen LogP contribution >= 0.6 is 15.9 Å². The molecule has 0 heterocycles. The Kier molecular flexibility index (Phi) is 7.13. The largest absolute Gasteiger partial charge is 0.496 e. The van der Waals surface area contributed by atoms with Crippen molar-refractivity contribution >= 4 is 21.6 Å². The standard InChI is InChI=1S/C22H20BrNO6/c1-27-21-11-17(23)5-3-15(21)14-30-20-8-4-16(22(12-20)28-2)13-29-19-9-6-18(7-10-19)24(25)26/h3-12H,13-14H2,1-2H3. The Morgan fingerprint density at radius 1 is 0.800 bits per heavy atom. The van der Waals surface area contributed by atoms with Gasteiger partial charge in [0, 0.05) is 33.8 Å². The van der Waals surface area contributed by atoms with Gasteiger partial charge in [0.05, 0.1) is 19.1 Å². The summed E-state index contributed by atoms with van der Waals surface area (Å²) >= 11 is 3.42. The van der Waals surface area contributed by atoms with E-state index in [2.05, 4.69) is 15.9 Å². The van der Waals surface area contributed by atoms with Gasteiger partial charge in [-0.2, -0.15) is 0 Å². The third-order valence-electron chi connectivity index (χ3n) is 4.34. The van der Waals surface area contributed by atoms with Gasteiger partial charge >= 0.3 is 0 Å². The molecule has 0 amide bonds. The van der Waals surface area contributed by atoms with Crippen LogP contribution in [0.3, 0.4) is 0 Å². The van der Waals surface area contributed by atoms with E-state index in [1.165, 1.54) is 12.1 Å². The summed E-state index contributed by atoms with van der Waals surface area (Å²) in [5.74, 6) is 2.54. The van der Waals surface area contributed by atoms with Crippen molar-refractivity contribution in [2.24, 2.45) is 0 Å².